The first-order valence-electron chi connectivity index (χ1n) is 9.94. The van der Waals surface area contributed by atoms with Crippen LogP contribution in [0.4, 0.5) is 10.2 Å². The van der Waals surface area contributed by atoms with Crippen molar-refractivity contribution in [3.63, 3.8) is 0 Å². The van der Waals surface area contributed by atoms with Crippen molar-refractivity contribution in [2.24, 2.45) is 11.1 Å². The SMILES string of the molecule is COc1cccc(Sc2cnc(N3CCC4(CC3)Cn3nccc3[C@H]4N)cn2)c1F. The monoisotopic (exact) mass is 426 g/mol. The van der Waals surface area contributed by atoms with Crippen LogP contribution in [-0.4, -0.2) is 39.9 Å². The zero-order chi connectivity index (χ0) is 20.7. The molecule has 0 unspecified atom stereocenters. The fraction of sp³-hybridized carbons (Fsp3) is 0.381. The van der Waals surface area contributed by atoms with Crippen molar-refractivity contribution >= 4 is 17.6 Å². The first-order valence-corrected chi connectivity index (χ1v) is 10.8. The molecule has 2 N–H and O–H groups in total. The van der Waals surface area contributed by atoms with E-state index in [1.165, 1.54) is 18.9 Å². The van der Waals surface area contributed by atoms with Crippen LogP contribution in [0.2, 0.25) is 0 Å². The molecular formula is C21H23FN6OS. The maximum absolute atomic E-state index is 14.4. The molecule has 1 fully saturated rings. The Balaban J connectivity index is 1.25. The second-order valence-electron chi connectivity index (χ2n) is 7.83. The van der Waals surface area contributed by atoms with Gasteiger partial charge >= 0.3 is 0 Å². The fourth-order valence-corrected chi connectivity index (χ4v) is 5.24. The van der Waals surface area contributed by atoms with Crippen LogP contribution < -0.4 is 15.4 Å². The van der Waals surface area contributed by atoms with Gasteiger partial charge in [-0.15, -0.1) is 0 Å². The van der Waals surface area contributed by atoms with Gasteiger partial charge in [0.05, 0.1) is 36.1 Å². The molecule has 0 radical (unpaired) electrons. The lowest BCUT2D eigenvalue weighted by molar-refractivity contribution is 0.170. The molecule has 9 heteroatoms. The number of nitrogens with zero attached hydrogens (tertiary/aromatic N) is 5. The molecule has 30 heavy (non-hydrogen) atoms. The molecular weight excluding hydrogens is 403 g/mol. The number of halogens is 1. The minimum Gasteiger partial charge on any atom is -0.494 e. The summed E-state index contributed by atoms with van der Waals surface area (Å²) in [7, 11) is 1.45. The normalized spacial score (nSPS) is 19.8. The predicted octanol–water partition coefficient (Wildman–Crippen LogP) is 3.27. The number of rotatable bonds is 4. The highest BCUT2D eigenvalue weighted by Gasteiger charge is 2.46. The Bertz CT molecular complexity index is 1050. The second-order valence-corrected chi connectivity index (χ2v) is 8.89. The summed E-state index contributed by atoms with van der Waals surface area (Å²) in [5.41, 5.74) is 7.77. The Morgan fingerprint density at radius 1 is 1.20 bits per heavy atom. The number of benzene rings is 1. The third-order valence-electron chi connectivity index (χ3n) is 6.25. The van der Waals surface area contributed by atoms with E-state index in [1.54, 1.807) is 30.6 Å². The molecule has 4 heterocycles. The van der Waals surface area contributed by atoms with Crippen LogP contribution in [0.1, 0.15) is 24.6 Å². The summed E-state index contributed by atoms with van der Waals surface area (Å²) in [5, 5.41) is 5.04. The number of aromatic nitrogens is 4. The van der Waals surface area contributed by atoms with E-state index in [0.717, 1.165) is 44.0 Å². The van der Waals surface area contributed by atoms with Gasteiger partial charge in [0.25, 0.3) is 0 Å². The molecule has 2 aliphatic heterocycles. The number of piperidine rings is 1. The number of anilines is 1. The molecule has 5 rings (SSSR count). The summed E-state index contributed by atoms with van der Waals surface area (Å²) < 4.78 is 21.4. The Morgan fingerprint density at radius 3 is 2.73 bits per heavy atom. The lowest BCUT2D eigenvalue weighted by atomic mass is 9.73. The standard InChI is InChI=1S/C21H23FN6OS/c1-29-15-3-2-4-16(19(15)22)30-18-12-24-17(11-25-18)27-9-6-21(7-10-27)13-28-14(20(21)23)5-8-26-28/h2-5,8,11-12,20H,6-7,9-10,13,23H2,1H3/t20-/m1/s1. The highest BCUT2D eigenvalue weighted by atomic mass is 32.2. The largest absolute Gasteiger partial charge is 0.494 e. The van der Waals surface area contributed by atoms with Gasteiger partial charge in [-0.25, -0.2) is 14.4 Å². The molecule has 1 spiro atoms. The van der Waals surface area contributed by atoms with Gasteiger partial charge in [0.1, 0.15) is 10.8 Å². The number of hydrogen-bond donors (Lipinski definition) is 1. The van der Waals surface area contributed by atoms with Gasteiger partial charge < -0.3 is 15.4 Å². The summed E-state index contributed by atoms with van der Waals surface area (Å²) in [6.07, 6.45) is 7.26. The number of nitrogens with two attached hydrogens (primary N) is 1. The van der Waals surface area contributed by atoms with Gasteiger partial charge in [0, 0.05) is 31.2 Å². The van der Waals surface area contributed by atoms with E-state index in [-0.39, 0.29) is 23.0 Å². The van der Waals surface area contributed by atoms with E-state index in [0.29, 0.717) is 9.92 Å². The molecule has 0 amide bonds. The lowest BCUT2D eigenvalue weighted by Crippen LogP contribution is -2.45. The number of methoxy groups -OCH3 is 1. The zero-order valence-electron chi connectivity index (χ0n) is 16.7. The van der Waals surface area contributed by atoms with Gasteiger partial charge in [0.15, 0.2) is 11.6 Å². The topological polar surface area (TPSA) is 82.1 Å². The van der Waals surface area contributed by atoms with Crippen LogP contribution in [-0.2, 0) is 6.54 Å². The minimum absolute atomic E-state index is 0.0322. The van der Waals surface area contributed by atoms with E-state index in [2.05, 4.69) is 20.0 Å². The minimum atomic E-state index is -0.384. The fourth-order valence-electron chi connectivity index (χ4n) is 4.46. The maximum atomic E-state index is 14.4. The van der Waals surface area contributed by atoms with E-state index < -0.39 is 0 Å². The summed E-state index contributed by atoms with van der Waals surface area (Å²) in [4.78, 5) is 11.8. The molecule has 0 saturated carbocycles. The molecule has 1 saturated heterocycles. The molecule has 7 nitrogen and oxygen atoms in total. The number of ether oxygens (including phenoxy) is 1. The summed E-state index contributed by atoms with van der Waals surface area (Å²) in [6.45, 7) is 2.64. The van der Waals surface area contributed by atoms with Crippen LogP contribution >= 0.6 is 11.8 Å². The van der Waals surface area contributed by atoms with Crippen LogP contribution in [0.3, 0.4) is 0 Å². The van der Waals surface area contributed by atoms with Gasteiger partial charge in [-0.05, 0) is 31.0 Å². The molecule has 0 bridgehead atoms. The molecule has 1 aromatic carbocycles. The van der Waals surface area contributed by atoms with Crippen LogP contribution in [0.5, 0.6) is 5.75 Å². The Kier molecular flexibility index (Phi) is 4.86. The first kappa shape index (κ1) is 19.3. The third kappa shape index (κ3) is 3.22. The van der Waals surface area contributed by atoms with Crippen molar-refractivity contribution in [2.75, 3.05) is 25.1 Å². The molecule has 3 aromatic rings. The average molecular weight is 427 g/mol. The van der Waals surface area contributed by atoms with Crippen molar-refractivity contribution in [1.82, 2.24) is 19.7 Å². The molecule has 1 atom stereocenters. The summed E-state index contributed by atoms with van der Waals surface area (Å²) in [5.74, 6) is 0.675. The van der Waals surface area contributed by atoms with Crippen molar-refractivity contribution in [1.29, 1.82) is 0 Å². The van der Waals surface area contributed by atoms with Crippen molar-refractivity contribution in [3.05, 3.63) is 54.4 Å². The van der Waals surface area contributed by atoms with Gasteiger partial charge in [0.2, 0.25) is 0 Å². The van der Waals surface area contributed by atoms with Crippen molar-refractivity contribution in [3.8, 4) is 5.75 Å². The first-order chi connectivity index (χ1) is 14.6. The molecule has 2 aliphatic rings. The Morgan fingerprint density at radius 2 is 2.03 bits per heavy atom. The maximum Gasteiger partial charge on any atom is 0.178 e. The second kappa shape index (κ2) is 7.55. The Hall–Kier alpha value is -2.65. The van der Waals surface area contributed by atoms with Gasteiger partial charge in [-0.2, -0.15) is 5.10 Å². The van der Waals surface area contributed by atoms with Gasteiger partial charge in [-0.3, -0.25) is 4.68 Å². The highest BCUT2D eigenvalue weighted by Crippen LogP contribution is 2.47. The molecule has 156 valence electrons. The average Bonchev–Trinajstić information content (AvgIpc) is 3.32. The van der Waals surface area contributed by atoms with Crippen molar-refractivity contribution in [2.45, 2.75) is 35.3 Å². The smallest absolute Gasteiger partial charge is 0.178 e. The quantitative estimate of drug-likeness (QED) is 0.686. The molecule has 0 aliphatic carbocycles. The summed E-state index contributed by atoms with van der Waals surface area (Å²) in [6, 6.07) is 7.12. The number of hydrogen-bond acceptors (Lipinski definition) is 7. The summed E-state index contributed by atoms with van der Waals surface area (Å²) >= 11 is 1.24. The highest BCUT2D eigenvalue weighted by molar-refractivity contribution is 7.99. The number of fused-ring (bicyclic) bond motifs is 1. The Labute approximate surface area is 178 Å². The van der Waals surface area contributed by atoms with E-state index >= 15 is 0 Å². The van der Waals surface area contributed by atoms with E-state index in [4.69, 9.17) is 10.5 Å². The molecule has 2 aromatic heterocycles. The van der Waals surface area contributed by atoms with E-state index in [9.17, 15) is 4.39 Å². The lowest BCUT2D eigenvalue weighted by Gasteiger charge is -2.41. The third-order valence-corrected chi connectivity index (χ3v) is 7.21. The van der Waals surface area contributed by atoms with E-state index in [1.807, 2.05) is 16.9 Å². The zero-order valence-corrected chi connectivity index (χ0v) is 17.5. The van der Waals surface area contributed by atoms with Crippen molar-refractivity contribution < 1.29 is 9.13 Å². The predicted molar refractivity (Wildman–Crippen MR) is 112 cm³/mol. The van der Waals surface area contributed by atoms with Crippen LogP contribution in [0.15, 0.2) is 52.8 Å². The van der Waals surface area contributed by atoms with Crippen LogP contribution in [0.25, 0.3) is 0 Å². The van der Waals surface area contributed by atoms with Crippen LogP contribution in [0, 0.1) is 11.2 Å². The van der Waals surface area contributed by atoms with Gasteiger partial charge in [-0.1, -0.05) is 17.8 Å².